The summed E-state index contributed by atoms with van der Waals surface area (Å²) in [6.45, 7) is 10.4. The van der Waals surface area contributed by atoms with E-state index < -0.39 is 11.7 Å². The van der Waals surface area contributed by atoms with E-state index >= 15 is 4.39 Å². The summed E-state index contributed by atoms with van der Waals surface area (Å²) in [5.41, 5.74) is 3.27. The number of carbonyl (C=O) groups is 1. The first-order valence-electron chi connectivity index (χ1n) is 11.8. The molecule has 1 aliphatic rings. The Labute approximate surface area is 207 Å². The summed E-state index contributed by atoms with van der Waals surface area (Å²) in [5.74, 6) is -0.660. The van der Waals surface area contributed by atoms with E-state index in [0.29, 0.717) is 47.0 Å². The van der Waals surface area contributed by atoms with Crippen LogP contribution in [0.15, 0.2) is 35.1 Å². The number of nitrogens with zero attached hydrogens (tertiary/aromatic N) is 6. The third-order valence-corrected chi connectivity index (χ3v) is 6.22. The number of aromatic nitrogens is 5. The highest BCUT2D eigenvalue weighted by Gasteiger charge is 2.24. The molecular formula is C25H28FN7O3. The molecule has 11 heteroatoms. The van der Waals surface area contributed by atoms with E-state index in [9.17, 15) is 4.79 Å². The number of hydrogen-bond donors (Lipinski definition) is 1. The summed E-state index contributed by atoms with van der Waals surface area (Å²) < 4.78 is 28.2. The molecule has 0 aliphatic carbocycles. The molecule has 0 atom stereocenters. The second kappa shape index (κ2) is 9.30. The number of morpholine rings is 1. The third-order valence-electron chi connectivity index (χ3n) is 6.22. The second-order valence-electron chi connectivity index (χ2n) is 9.79. The molecule has 0 saturated carbocycles. The van der Waals surface area contributed by atoms with Crippen LogP contribution in [-0.4, -0.2) is 57.0 Å². The van der Waals surface area contributed by atoms with Crippen molar-refractivity contribution >= 4 is 17.1 Å². The zero-order valence-corrected chi connectivity index (χ0v) is 20.7. The van der Waals surface area contributed by atoms with Crippen molar-refractivity contribution in [2.24, 2.45) is 0 Å². The molecule has 36 heavy (non-hydrogen) atoms. The Bertz CT molecular complexity index is 1420. The van der Waals surface area contributed by atoms with Crippen molar-refractivity contribution in [3.63, 3.8) is 0 Å². The van der Waals surface area contributed by atoms with Crippen LogP contribution in [0.1, 0.15) is 48.5 Å². The average Bonchev–Trinajstić information content (AvgIpc) is 3.53. The van der Waals surface area contributed by atoms with Crippen molar-refractivity contribution in [1.82, 2.24) is 30.1 Å². The Kier molecular flexibility index (Phi) is 6.17. The molecule has 0 bridgehead atoms. The van der Waals surface area contributed by atoms with Gasteiger partial charge in [-0.05, 0) is 30.2 Å². The summed E-state index contributed by atoms with van der Waals surface area (Å²) >= 11 is 0. The van der Waals surface area contributed by atoms with Crippen molar-refractivity contribution in [3.05, 3.63) is 59.4 Å². The van der Waals surface area contributed by atoms with Gasteiger partial charge in [0.2, 0.25) is 5.89 Å². The molecule has 0 radical (unpaired) electrons. The maximum Gasteiger partial charge on any atom is 0.309 e. The summed E-state index contributed by atoms with van der Waals surface area (Å²) in [6, 6.07) is 5.44. The molecule has 1 aromatic carbocycles. The molecule has 1 fully saturated rings. The number of anilines is 1. The number of rotatable bonds is 5. The maximum absolute atomic E-state index is 15.6. The van der Waals surface area contributed by atoms with Crippen molar-refractivity contribution in [3.8, 4) is 11.3 Å². The number of carbonyl (C=O) groups excluding carboxylic acids is 1. The maximum atomic E-state index is 15.6. The molecule has 1 N–H and O–H groups in total. The molecule has 188 valence electrons. The van der Waals surface area contributed by atoms with Gasteiger partial charge in [-0.3, -0.25) is 4.79 Å². The highest BCUT2D eigenvalue weighted by molar-refractivity contribution is 5.89. The van der Waals surface area contributed by atoms with Gasteiger partial charge in [0.15, 0.2) is 0 Å². The lowest BCUT2D eigenvalue weighted by Gasteiger charge is -2.27. The minimum absolute atomic E-state index is 0.112. The number of ether oxygens (including phenoxy) is 1. The largest absolute Gasteiger partial charge is 0.416 e. The van der Waals surface area contributed by atoms with Gasteiger partial charge in [-0.2, -0.15) is 5.10 Å². The van der Waals surface area contributed by atoms with Crippen molar-refractivity contribution in [2.75, 3.05) is 31.2 Å². The Hall–Kier alpha value is -3.86. The van der Waals surface area contributed by atoms with Crippen LogP contribution in [0.3, 0.4) is 0 Å². The van der Waals surface area contributed by atoms with Gasteiger partial charge in [0.05, 0.1) is 30.6 Å². The first kappa shape index (κ1) is 23.9. The highest BCUT2D eigenvalue weighted by Crippen LogP contribution is 2.31. The van der Waals surface area contributed by atoms with E-state index in [1.165, 1.54) is 6.33 Å². The van der Waals surface area contributed by atoms with Crippen LogP contribution in [-0.2, 0) is 16.7 Å². The molecule has 1 saturated heterocycles. The van der Waals surface area contributed by atoms with Crippen LogP contribution >= 0.6 is 0 Å². The van der Waals surface area contributed by atoms with Gasteiger partial charge < -0.3 is 19.4 Å². The van der Waals surface area contributed by atoms with Crippen molar-refractivity contribution in [2.45, 2.75) is 39.7 Å². The summed E-state index contributed by atoms with van der Waals surface area (Å²) in [5, 5.41) is 14.8. The number of amides is 1. The molecule has 10 nitrogen and oxygen atoms in total. The molecular weight excluding hydrogens is 465 g/mol. The normalized spacial score (nSPS) is 14.4. The first-order valence-corrected chi connectivity index (χ1v) is 11.8. The lowest BCUT2D eigenvalue weighted by molar-refractivity contribution is 0.0912. The van der Waals surface area contributed by atoms with Crippen LogP contribution in [0.4, 0.5) is 10.1 Å². The fourth-order valence-corrected chi connectivity index (χ4v) is 4.09. The van der Waals surface area contributed by atoms with E-state index in [-0.39, 0.29) is 17.9 Å². The molecule has 5 rings (SSSR count). The van der Waals surface area contributed by atoms with Gasteiger partial charge in [0, 0.05) is 30.6 Å². The van der Waals surface area contributed by atoms with E-state index in [0.717, 1.165) is 18.8 Å². The number of hydrogen-bond acceptors (Lipinski definition) is 8. The predicted molar refractivity (Wildman–Crippen MR) is 130 cm³/mol. The average molecular weight is 494 g/mol. The topological polar surface area (TPSA) is 111 Å². The first-order chi connectivity index (χ1) is 17.2. The number of fused-ring (bicyclic) bond motifs is 1. The molecule has 3 aromatic heterocycles. The van der Waals surface area contributed by atoms with E-state index in [1.54, 1.807) is 23.6 Å². The summed E-state index contributed by atoms with van der Waals surface area (Å²) in [7, 11) is 0. The summed E-state index contributed by atoms with van der Waals surface area (Å²) in [4.78, 5) is 19.1. The standard InChI is InChI=1S/C25H28FN7O3/c1-15-16(12-27-22(34)23-30-31-24(36-23)25(2,3)4)5-6-18(20(15)26)21-19-11-17(13-33(19)29-14-28-21)32-7-9-35-10-8-32/h5-6,11,13-14H,7-10,12H2,1-4H3,(H,27,34). The molecule has 4 heterocycles. The van der Waals surface area contributed by atoms with Gasteiger partial charge >= 0.3 is 11.8 Å². The molecule has 1 amide bonds. The quantitative estimate of drug-likeness (QED) is 0.451. The van der Waals surface area contributed by atoms with Crippen LogP contribution < -0.4 is 10.2 Å². The van der Waals surface area contributed by atoms with Crippen LogP contribution in [0.5, 0.6) is 0 Å². The summed E-state index contributed by atoms with van der Waals surface area (Å²) in [6.07, 6.45) is 3.34. The monoisotopic (exact) mass is 493 g/mol. The fourth-order valence-electron chi connectivity index (χ4n) is 4.09. The van der Waals surface area contributed by atoms with Crippen LogP contribution in [0.2, 0.25) is 0 Å². The molecule has 4 aromatic rings. The Morgan fingerprint density at radius 1 is 1.19 bits per heavy atom. The number of halogens is 1. The molecule has 0 spiro atoms. The van der Waals surface area contributed by atoms with Crippen LogP contribution in [0, 0.1) is 12.7 Å². The Balaban J connectivity index is 1.37. The van der Waals surface area contributed by atoms with E-state index in [2.05, 4.69) is 30.5 Å². The Morgan fingerprint density at radius 2 is 1.97 bits per heavy atom. The Morgan fingerprint density at radius 3 is 2.69 bits per heavy atom. The minimum Gasteiger partial charge on any atom is -0.416 e. The van der Waals surface area contributed by atoms with Crippen molar-refractivity contribution in [1.29, 1.82) is 0 Å². The smallest absolute Gasteiger partial charge is 0.309 e. The van der Waals surface area contributed by atoms with E-state index in [1.807, 2.05) is 33.0 Å². The van der Waals surface area contributed by atoms with Gasteiger partial charge in [-0.25, -0.2) is 13.9 Å². The molecule has 0 unspecified atom stereocenters. The zero-order valence-electron chi connectivity index (χ0n) is 20.7. The predicted octanol–water partition coefficient (Wildman–Crippen LogP) is 3.29. The number of nitrogens with one attached hydrogen (secondary N) is 1. The van der Waals surface area contributed by atoms with Crippen LogP contribution in [0.25, 0.3) is 16.8 Å². The lowest BCUT2D eigenvalue weighted by atomic mass is 9.97. The highest BCUT2D eigenvalue weighted by atomic mass is 19.1. The zero-order chi connectivity index (χ0) is 25.4. The second-order valence-corrected chi connectivity index (χ2v) is 9.79. The third kappa shape index (κ3) is 4.53. The van der Waals surface area contributed by atoms with E-state index in [4.69, 9.17) is 9.15 Å². The van der Waals surface area contributed by atoms with Gasteiger partial charge in [0.25, 0.3) is 0 Å². The minimum atomic E-state index is -0.511. The van der Waals surface area contributed by atoms with Crippen molar-refractivity contribution < 1.29 is 18.3 Å². The van der Waals surface area contributed by atoms with Gasteiger partial charge in [-0.15, -0.1) is 10.2 Å². The van der Waals surface area contributed by atoms with Gasteiger partial charge in [-0.1, -0.05) is 26.8 Å². The SMILES string of the molecule is Cc1c(CNC(=O)c2nnc(C(C)(C)C)o2)ccc(-c2ncnn3cc(N4CCOCC4)cc23)c1F. The number of benzene rings is 1. The molecule has 1 aliphatic heterocycles. The lowest BCUT2D eigenvalue weighted by Crippen LogP contribution is -2.35. The van der Waals surface area contributed by atoms with Gasteiger partial charge in [0.1, 0.15) is 17.8 Å². The fraction of sp³-hybridized carbons (Fsp3) is 0.400.